The molecule has 0 heterocycles. The van der Waals surface area contributed by atoms with Crippen LogP contribution < -0.4 is 12.3 Å². The molecule has 0 aromatic heterocycles. The van der Waals surface area contributed by atoms with Crippen molar-refractivity contribution in [1.29, 1.82) is 0 Å². The van der Waals surface area contributed by atoms with Crippen LogP contribution in [-0.2, 0) is 14.4 Å². The second-order valence-electron chi connectivity index (χ2n) is 2.25. The lowest BCUT2D eigenvalue weighted by atomic mass is 10.5. The van der Waals surface area contributed by atoms with E-state index in [1.165, 1.54) is 0 Å². The lowest BCUT2D eigenvalue weighted by Gasteiger charge is -1.59. The zero-order chi connectivity index (χ0) is 14.1. The molecular weight excluding hydrogens is 244 g/mol. The van der Waals surface area contributed by atoms with Crippen molar-refractivity contribution in [1.82, 2.24) is 12.3 Å². The highest BCUT2D eigenvalue weighted by Gasteiger charge is 1.66. The van der Waals surface area contributed by atoms with Gasteiger partial charge in [-0.1, -0.05) is 13.0 Å². The molecule has 0 amide bonds. The van der Waals surface area contributed by atoms with Gasteiger partial charge in [0.2, 0.25) is 0 Å². The van der Waals surface area contributed by atoms with Gasteiger partial charge in [0, 0.05) is 20.8 Å². The number of aliphatic carboxylic acids is 3. The molecule has 0 saturated carbocycles. The summed E-state index contributed by atoms with van der Waals surface area (Å²) >= 11 is 0. The van der Waals surface area contributed by atoms with Gasteiger partial charge in [0.05, 0.1) is 0 Å². The maximum atomic E-state index is 9.00. The van der Waals surface area contributed by atoms with Gasteiger partial charge in [-0.25, -0.2) is 0 Å². The van der Waals surface area contributed by atoms with Crippen LogP contribution in [0.15, 0.2) is 12.7 Å². The Labute approximate surface area is 107 Å². The van der Waals surface area contributed by atoms with Crippen LogP contribution in [0.4, 0.5) is 0 Å². The van der Waals surface area contributed by atoms with Crippen LogP contribution in [0.3, 0.4) is 0 Å². The maximum Gasteiger partial charge on any atom is 0.300 e. The first-order valence-corrected chi connectivity index (χ1v) is 4.31. The minimum absolute atomic E-state index is 0. The van der Waals surface area contributed by atoms with Crippen molar-refractivity contribution in [3.63, 3.8) is 0 Å². The minimum atomic E-state index is -0.833. The second kappa shape index (κ2) is 36.3. The Morgan fingerprint density at radius 3 is 0.944 bits per heavy atom. The molecule has 0 rings (SSSR count). The monoisotopic (exact) mass is 270 g/mol. The molecule has 0 aliphatic carbocycles. The summed E-state index contributed by atoms with van der Waals surface area (Å²) in [7, 11) is 0. The first-order chi connectivity index (χ1) is 7.11. The molecule has 0 fully saturated rings. The molecule has 0 aliphatic rings. The molecule has 9 N–H and O–H groups in total. The van der Waals surface area contributed by atoms with E-state index >= 15 is 0 Å². The quantitative estimate of drug-likeness (QED) is 0.449. The van der Waals surface area contributed by atoms with Crippen molar-refractivity contribution >= 4 is 17.9 Å². The summed E-state index contributed by atoms with van der Waals surface area (Å²) in [6.45, 7) is 8.79. The Bertz CT molecular complexity index is 166. The Kier molecular flexibility index (Phi) is 72.5. The van der Waals surface area contributed by atoms with Crippen LogP contribution in [0.1, 0.15) is 34.1 Å². The normalized spacial score (nSPS) is 5.56. The fourth-order valence-electron chi connectivity index (χ4n) is 0. The Morgan fingerprint density at radius 2 is 0.944 bits per heavy atom. The number of carboxylic acid groups (broad SMARTS) is 3. The molecular formula is C10H26N2O6. The van der Waals surface area contributed by atoms with Crippen molar-refractivity contribution < 1.29 is 29.7 Å². The van der Waals surface area contributed by atoms with Gasteiger partial charge in [-0.05, 0) is 6.42 Å². The summed E-state index contributed by atoms with van der Waals surface area (Å²) in [6.07, 6.45) is 2.96. The number of hydrogen-bond donors (Lipinski definition) is 5. The predicted octanol–water partition coefficient (Wildman–Crippen LogP) is 2.18. The van der Waals surface area contributed by atoms with Gasteiger partial charge in [-0.2, -0.15) is 0 Å². The van der Waals surface area contributed by atoms with Gasteiger partial charge in [-0.3, -0.25) is 14.4 Å². The summed E-state index contributed by atoms with van der Waals surface area (Å²) in [5.74, 6) is -2.50. The van der Waals surface area contributed by atoms with E-state index in [9.17, 15) is 0 Å². The molecule has 8 heteroatoms. The molecule has 0 bridgehead atoms. The van der Waals surface area contributed by atoms with Gasteiger partial charge in [0.15, 0.2) is 0 Å². The zero-order valence-corrected chi connectivity index (χ0v) is 11.5. The van der Waals surface area contributed by atoms with Crippen molar-refractivity contribution in [3.8, 4) is 0 Å². The lowest BCUT2D eigenvalue weighted by molar-refractivity contribution is -0.135. The maximum absolute atomic E-state index is 9.00. The molecule has 0 radical (unpaired) electrons. The van der Waals surface area contributed by atoms with Crippen LogP contribution in [0.5, 0.6) is 0 Å². The average Bonchev–Trinajstić information content (AvgIpc) is 2.00. The summed E-state index contributed by atoms with van der Waals surface area (Å²) in [4.78, 5) is 27.0. The Hall–Kier alpha value is -1.93. The topological polar surface area (TPSA) is 182 Å². The first-order valence-electron chi connectivity index (χ1n) is 4.31. The molecule has 0 saturated heterocycles. The molecule has 0 aromatic carbocycles. The van der Waals surface area contributed by atoms with E-state index in [2.05, 4.69) is 13.5 Å². The van der Waals surface area contributed by atoms with E-state index < -0.39 is 17.9 Å². The van der Waals surface area contributed by atoms with Crippen molar-refractivity contribution in [2.75, 3.05) is 0 Å². The molecule has 0 unspecified atom stereocenters. The number of carboxylic acids is 3. The van der Waals surface area contributed by atoms with Crippen molar-refractivity contribution in [3.05, 3.63) is 12.7 Å². The van der Waals surface area contributed by atoms with E-state index in [-0.39, 0.29) is 12.3 Å². The van der Waals surface area contributed by atoms with Crippen LogP contribution in [-0.4, -0.2) is 33.2 Å². The lowest BCUT2D eigenvalue weighted by Crippen LogP contribution is -1.78. The van der Waals surface area contributed by atoms with Gasteiger partial charge in [0.1, 0.15) is 0 Å². The number of rotatable bonds is 1. The van der Waals surface area contributed by atoms with E-state index in [0.29, 0.717) is 0 Å². The van der Waals surface area contributed by atoms with Gasteiger partial charge in [0.25, 0.3) is 17.9 Å². The molecule has 18 heavy (non-hydrogen) atoms. The number of carbonyl (C=O) groups is 3. The smallest absolute Gasteiger partial charge is 0.300 e. The van der Waals surface area contributed by atoms with Crippen LogP contribution in [0.25, 0.3) is 0 Å². The summed E-state index contributed by atoms with van der Waals surface area (Å²) < 4.78 is 0. The van der Waals surface area contributed by atoms with E-state index in [1.807, 2.05) is 6.08 Å². The minimum Gasteiger partial charge on any atom is -0.481 e. The number of hydrogen-bond acceptors (Lipinski definition) is 5. The zero-order valence-electron chi connectivity index (χ0n) is 11.5. The molecule has 0 aromatic rings. The van der Waals surface area contributed by atoms with E-state index in [4.69, 9.17) is 29.7 Å². The van der Waals surface area contributed by atoms with Gasteiger partial charge in [-0.15, -0.1) is 6.58 Å². The summed E-state index contributed by atoms with van der Waals surface area (Å²) in [5.41, 5.74) is 0. The molecule has 0 aliphatic heterocycles. The predicted molar refractivity (Wildman–Crippen MR) is 70.5 cm³/mol. The van der Waals surface area contributed by atoms with Gasteiger partial charge >= 0.3 is 0 Å². The molecule has 0 atom stereocenters. The molecule has 0 spiro atoms. The standard InChI is InChI=1S/C4H8.3C2H4O2.2H3N/c1-3-4-2;3*1-2(3)4;;/h3H,1,4H2,2H3;3*1H3,(H,3,4);2*1H3. The van der Waals surface area contributed by atoms with Crippen molar-refractivity contribution in [2.45, 2.75) is 34.1 Å². The van der Waals surface area contributed by atoms with E-state index in [0.717, 1.165) is 27.2 Å². The molecule has 112 valence electrons. The van der Waals surface area contributed by atoms with Crippen molar-refractivity contribution in [2.24, 2.45) is 0 Å². The largest absolute Gasteiger partial charge is 0.481 e. The Balaban J connectivity index is -0.0000000257. The highest BCUT2D eigenvalue weighted by Crippen LogP contribution is 1.66. The van der Waals surface area contributed by atoms with Crippen LogP contribution >= 0.6 is 0 Å². The van der Waals surface area contributed by atoms with E-state index in [1.54, 1.807) is 0 Å². The summed E-state index contributed by atoms with van der Waals surface area (Å²) in [5, 5.41) is 22.2. The van der Waals surface area contributed by atoms with Crippen LogP contribution in [0, 0.1) is 0 Å². The summed E-state index contributed by atoms with van der Waals surface area (Å²) in [6, 6.07) is 0. The SMILES string of the molecule is C=CCC.CC(=O)O.CC(=O)O.CC(=O)O.N.N. The Morgan fingerprint density at radius 1 is 0.889 bits per heavy atom. The fourth-order valence-corrected chi connectivity index (χ4v) is 0. The van der Waals surface area contributed by atoms with Gasteiger partial charge < -0.3 is 27.6 Å². The highest BCUT2D eigenvalue weighted by molar-refractivity contribution is 5.63. The highest BCUT2D eigenvalue weighted by atomic mass is 16.4. The first kappa shape index (κ1) is 36.0. The average molecular weight is 270 g/mol. The molecule has 8 nitrogen and oxygen atoms in total. The van der Waals surface area contributed by atoms with Crippen LogP contribution in [0.2, 0.25) is 0 Å². The third-order valence-electron chi connectivity index (χ3n) is 0.289. The number of allylic oxidation sites excluding steroid dienone is 1. The third-order valence-corrected chi connectivity index (χ3v) is 0.289. The second-order valence-corrected chi connectivity index (χ2v) is 2.25. The third kappa shape index (κ3) is 2780. The fraction of sp³-hybridized carbons (Fsp3) is 0.500.